The second-order valence-electron chi connectivity index (χ2n) is 4.57. The summed E-state index contributed by atoms with van der Waals surface area (Å²) in [5, 5.41) is 40.1. The number of aldehydes is 1. The van der Waals surface area contributed by atoms with Crippen LogP contribution in [0.4, 0.5) is 0 Å². The Morgan fingerprint density at radius 1 is 1.26 bits per heavy atom. The zero-order chi connectivity index (χ0) is 14.6. The van der Waals surface area contributed by atoms with Crippen LogP contribution in [0.1, 0.15) is 19.8 Å². The Morgan fingerprint density at radius 2 is 1.89 bits per heavy atom. The Hall–Kier alpha value is -1.06. The van der Waals surface area contributed by atoms with Crippen molar-refractivity contribution in [2.75, 3.05) is 0 Å². The third kappa shape index (κ3) is 3.95. The summed E-state index contributed by atoms with van der Waals surface area (Å²) in [6.07, 6.45) is -6.80. The van der Waals surface area contributed by atoms with Crippen LogP contribution >= 0.6 is 0 Å². The second-order valence-corrected chi connectivity index (χ2v) is 4.57. The maximum atomic E-state index is 11.8. The molecule has 1 heterocycles. The summed E-state index contributed by atoms with van der Waals surface area (Å²) in [5.74, 6) is -0.726. The van der Waals surface area contributed by atoms with Crippen LogP contribution in [0.3, 0.4) is 0 Å². The van der Waals surface area contributed by atoms with E-state index in [2.05, 4.69) is 5.32 Å². The van der Waals surface area contributed by atoms with Gasteiger partial charge in [-0.15, -0.1) is 0 Å². The van der Waals surface area contributed by atoms with Gasteiger partial charge in [-0.1, -0.05) is 0 Å². The lowest BCUT2D eigenvalue weighted by molar-refractivity contribution is -0.275. The van der Waals surface area contributed by atoms with E-state index in [0.717, 1.165) is 6.29 Å². The van der Waals surface area contributed by atoms with E-state index < -0.39 is 36.6 Å². The van der Waals surface area contributed by atoms with E-state index in [4.69, 9.17) is 4.74 Å². The number of carbonyl (C=O) groups excluding carboxylic acids is 2. The molecule has 1 saturated heterocycles. The molecule has 0 radical (unpaired) electrons. The average molecular weight is 277 g/mol. The number of nitrogens with one attached hydrogen (secondary N) is 1. The van der Waals surface area contributed by atoms with Gasteiger partial charge in [0.2, 0.25) is 0 Å². The van der Waals surface area contributed by atoms with Crippen molar-refractivity contribution in [1.82, 2.24) is 5.32 Å². The summed E-state index contributed by atoms with van der Waals surface area (Å²) < 4.78 is 4.76. The van der Waals surface area contributed by atoms with Crippen molar-refractivity contribution >= 4 is 12.2 Å². The number of amides is 1. The van der Waals surface area contributed by atoms with Crippen molar-refractivity contribution in [3.63, 3.8) is 0 Å². The Bertz CT molecular complexity index is 324. The number of hydrogen-bond donors (Lipinski definition) is 5. The first-order chi connectivity index (χ1) is 8.88. The summed E-state index contributed by atoms with van der Waals surface area (Å²) >= 11 is 0. The molecule has 0 bridgehead atoms. The van der Waals surface area contributed by atoms with Crippen molar-refractivity contribution in [3.8, 4) is 0 Å². The van der Waals surface area contributed by atoms with E-state index in [1.807, 2.05) is 0 Å². The van der Waals surface area contributed by atoms with Gasteiger partial charge in [-0.2, -0.15) is 0 Å². The fourth-order valence-electron chi connectivity index (χ4n) is 1.79. The molecular formula is C11H19NO7. The van der Waals surface area contributed by atoms with Crippen molar-refractivity contribution in [1.29, 1.82) is 0 Å². The van der Waals surface area contributed by atoms with Crippen molar-refractivity contribution in [3.05, 3.63) is 0 Å². The van der Waals surface area contributed by atoms with Crippen LogP contribution in [0.5, 0.6) is 0 Å². The van der Waals surface area contributed by atoms with Crippen LogP contribution in [0.15, 0.2) is 0 Å². The SMILES string of the molecule is CC(CCC=O)NC(=O)C1OC(O)C(O)C(O)C1O. The third-order valence-corrected chi connectivity index (χ3v) is 2.95. The number of ether oxygens (including phenoxy) is 1. The summed E-state index contributed by atoms with van der Waals surface area (Å²) in [6, 6.07) is -0.324. The van der Waals surface area contributed by atoms with Crippen LogP contribution in [0.25, 0.3) is 0 Å². The first-order valence-electron chi connectivity index (χ1n) is 6.00. The molecule has 1 aliphatic heterocycles. The third-order valence-electron chi connectivity index (χ3n) is 2.95. The fourth-order valence-corrected chi connectivity index (χ4v) is 1.79. The van der Waals surface area contributed by atoms with Gasteiger partial charge in [-0.05, 0) is 13.3 Å². The molecule has 5 N–H and O–H groups in total. The van der Waals surface area contributed by atoms with Gasteiger partial charge in [0, 0.05) is 12.5 Å². The van der Waals surface area contributed by atoms with Crippen LogP contribution in [-0.4, -0.2) is 69.4 Å². The molecule has 0 aromatic rings. The summed E-state index contributed by atoms with van der Waals surface area (Å²) in [5.41, 5.74) is 0. The lowest BCUT2D eigenvalue weighted by Gasteiger charge is -2.37. The Labute approximate surface area is 110 Å². The Morgan fingerprint density at radius 3 is 2.47 bits per heavy atom. The molecule has 110 valence electrons. The number of carbonyl (C=O) groups is 2. The van der Waals surface area contributed by atoms with Crippen molar-refractivity contribution in [2.24, 2.45) is 0 Å². The van der Waals surface area contributed by atoms with Gasteiger partial charge in [-0.3, -0.25) is 4.79 Å². The molecular weight excluding hydrogens is 258 g/mol. The molecule has 1 rings (SSSR count). The lowest BCUT2D eigenvalue weighted by atomic mass is 9.98. The van der Waals surface area contributed by atoms with E-state index in [1.165, 1.54) is 0 Å². The standard InChI is InChI=1S/C11H19NO7/c1-5(3-2-4-13)12-10(17)9-7(15)6(14)8(16)11(18)19-9/h4-9,11,14-16,18H,2-3H2,1H3,(H,12,17). The van der Waals surface area contributed by atoms with Crippen LogP contribution < -0.4 is 5.32 Å². The van der Waals surface area contributed by atoms with Crippen molar-refractivity contribution in [2.45, 2.75) is 56.5 Å². The fraction of sp³-hybridized carbons (Fsp3) is 0.818. The lowest BCUT2D eigenvalue weighted by Crippen LogP contribution is -2.62. The highest BCUT2D eigenvalue weighted by molar-refractivity contribution is 5.82. The number of hydrogen-bond acceptors (Lipinski definition) is 7. The number of rotatable bonds is 5. The molecule has 0 aromatic heterocycles. The summed E-state index contributed by atoms with van der Waals surface area (Å²) in [6.45, 7) is 1.66. The minimum absolute atomic E-state index is 0.277. The van der Waals surface area contributed by atoms with Crippen LogP contribution in [0, 0.1) is 0 Å². The predicted octanol–water partition coefficient (Wildman–Crippen LogP) is -2.73. The first-order valence-corrected chi connectivity index (χ1v) is 6.00. The van der Waals surface area contributed by atoms with E-state index in [9.17, 15) is 30.0 Å². The van der Waals surface area contributed by atoms with E-state index in [-0.39, 0.29) is 12.5 Å². The minimum atomic E-state index is -1.75. The molecule has 1 aliphatic rings. The molecule has 1 amide bonds. The molecule has 6 unspecified atom stereocenters. The molecule has 0 spiro atoms. The molecule has 8 heteroatoms. The normalized spacial score (nSPS) is 36.6. The largest absolute Gasteiger partial charge is 0.387 e. The minimum Gasteiger partial charge on any atom is -0.387 e. The quantitative estimate of drug-likeness (QED) is 0.344. The van der Waals surface area contributed by atoms with E-state index in [0.29, 0.717) is 6.42 Å². The molecule has 1 fully saturated rings. The Kier molecular flexibility index (Phi) is 5.83. The van der Waals surface area contributed by atoms with E-state index in [1.54, 1.807) is 6.92 Å². The molecule has 6 atom stereocenters. The zero-order valence-electron chi connectivity index (χ0n) is 10.5. The number of aliphatic hydroxyl groups is 4. The topological polar surface area (TPSA) is 136 Å². The van der Waals surface area contributed by atoms with Gasteiger partial charge < -0.3 is 35.3 Å². The highest BCUT2D eigenvalue weighted by Crippen LogP contribution is 2.20. The molecule has 0 saturated carbocycles. The summed E-state index contributed by atoms with van der Waals surface area (Å²) in [7, 11) is 0. The highest BCUT2D eigenvalue weighted by atomic mass is 16.6. The van der Waals surface area contributed by atoms with E-state index >= 15 is 0 Å². The molecule has 0 aliphatic carbocycles. The first kappa shape index (κ1) is 16.0. The maximum absolute atomic E-state index is 11.8. The maximum Gasteiger partial charge on any atom is 0.252 e. The molecule has 8 nitrogen and oxygen atoms in total. The molecule has 0 aromatic carbocycles. The van der Waals surface area contributed by atoms with Gasteiger partial charge in [0.25, 0.3) is 5.91 Å². The predicted molar refractivity (Wildman–Crippen MR) is 61.8 cm³/mol. The summed E-state index contributed by atoms with van der Waals surface area (Å²) in [4.78, 5) is 22.0. The van der Waals surface area contributed by atoms with Crippen LogP contribution in [0.2, 0.25) is 0 Å². The van der Waals surface area contributed by atoms with Gasteiger partial charge in [0.1, 0.15) is 24.6 Å². The smallest absolute Gasteiger partial charge is 0.252 e. The Balaban J connectivity index is 2.58. The average Bonchev–Trinajstić information content (AvgIpc) is 2.37. The number of aliphatic hydroxyl groups excluding tert-OH is 4. The monoisotopic (exact) mass is 277 g/mol. The highest BCUT2D eigenvalue weighted by Gasteiger charge is 2.46. The van der Waals surface area contributed by atoms with Crippen molar-refractivity contribution < 1.29 is 34.8 Å². The van der Waals surface area contributed by atoms with Gasteiger partial charge >= 0.3 is 0 Å². The second kappa shape index (κ2) is 6.92. The zero-order valence-corrected chi connectivity index (χ0v) is 10.5. The van der Waals surface area contributed by atoms with Gasteiger partial charge in [-0.25, -0.2) is 0 Å². The van der Waals surface area contributed by atoms with Gasteiger partial charge in [0.15, 0.2) is 12.4 Å². The molecule has 19 heavy (non-hydrogen) atoms. The van der Waals surface area contributed by atoms with Crippen LogP contribution in [-0.2, 0) is 14.3 Å². The van der Waals surface area contributed by atoms with Gasteiger partial charge in [0.05, 0.1) is 0 Å².